The number of aromatic hydroxyl groups is 1. The van der Waals surface area contributed by atoms with Crippen LogP contribution in [0, 0.1) is 21.4 Å². The molecule has 0 bridgehead atoms. The predicted molar refractivity (Wildman–Crippen MR) is 177 cm³/mol. The van der Waals surface area contributed by atoms with Gasteiger partial charge in [0.25, 0.3) is 0 Å². The number of hydrogen-bond donors (Lipinski definition) is 3. The minimum absolute atomic E-state index is 0.247. The molecule has 6 nitrogen and oxygen atoms in total. The summed E-state index contributed by atoms with van der Waals surface area (Å²) in [6.45, 7) is 0. The van der Waals surface area contributed by atoms with Crippen LogP contribution in [-0.2, 0) is 11.2 Å². The Labute approximate surface area is 272 Å². The Morgan fingerprint density at radius 2 is 1.12 bits per heavy atom. The van der Waals surface area contributed by atoms with Gasteiger partial charge in [-0.3, -0.25) is 4.79 Å². The fourth-order valence-electron chi connectivity index (χ4n) is 2.70. The molecule has 12 heteroatoms. The van der Waals surface area contributed by atoms with Gasteiger partial charge in [-0.2, -0.15) is 0 Å². The number of benzene rings is 3. The van der Waals surface area contributed by atoms with Gasteiger partial charge in [0, 0.05) is 0 Å². The highest BCUT2D eigenvalue weighted by molar-refractivity contribution is 14.1. The zero-order valence-electron chi connectivity index (χ0n) is 16.2. The Balaban J connectivity index is 1.85. The van der Waals surface area contributed by atoms with E-state index in [-0.39, 0.29) is 12.2 Å². The minimum Gasteiger partial charge on any atom is -0.506 e. The van der Waals surface area contributed by atoms with E-state index in [1.807, 2.05) is 24.3 Å². The van der Waals surface area contributed by atoms with E-state index in [1.165, 1.54) is 0 Å². The van der Waals surface area contributed by atoms with Crippen molar-refractivity contribution in [2.45, 2.75) is 12.5 Å². The third kappa shape index (κ3) is 7.44. The van der Waals surface area contributed by atoms with Gasteiger partial charge in [0.1, 0.15) is 23.3 Å². The van der Waals surface area contributed by atoms with E-state index in [9.17, 15) is 9.90 Å². The molecule has 0 amide bonds. The number of phenolic OH excluding ortho intramolecular Hbond substituents is 1. The Kier molecular flexibility index (Phi) is 10.7. The van der Waals surface area contributed by atoms with Crippen molar-refractivity contribution in [2.75, 3.05) is 0 Å². The van der Waals surface area contributed by atoms with Crippen molar-refractivity contribution >= 4 is 142 Å². The van der Waals surface area contributed by atoms with Gasteiger partial charge in [0.05, 0.1) is 21.4 Å². The Bertz CT molecular complexity index is 1170. The van der Waals surface area contributed by atoms with E-state index in [4.69, 9.17) is 20.3 Å². The van der Waals surface area contributed by atoms with E-state index < -0.39 is 12.0 Å². The van der Waals surface area contributed by atoms with Gasteiger partial charge in [0.15, 0.2) is 11.5 Å². The summed E-state index contributed by atoms with van der Waals surface area (Å²) >= 11 is 12.9. The lowest BCUT2D eigenvalue weighted by Gasteiger charge is -2.16. The number of hydrogen-bond acceptors (Lipinski definition) is 5. The molecule has 0 aliphatic rings. The third-order valence-corrected chi connectivity index (χ3v) is 9.08. The highest BCUT2D eigenvalue weighted by atomic mass is 127. The molecule has 1 unspecified atom stereocenters. The normalized spacial score (nSPS) is 11.8. The molecular weight excluding hydrogens is 1110 g/mol. The van der Waals surface area contributed by atoms with Gasteiger partial charge in [0.2, 0.25) is 0 Å². The summed E-state index contributed by atoms with van der Waals surface area (Å²) < 4.78 is 17.3. The van der Waals surface area contributed by atoms with E-state index >= 15 is 0 Å². The Morgan fingerprint density at radius 3 is 1.52 bits per heavy atom. The molecule has 0 fully saturated rings. The highest BCUT2D eigenvalue weighted by Gasteiger charge is 2.18. The maximum absolute atomic E-state index is 11.1. The third-order valence-electron chi connectivity index (χ3n) is 4.23. The van der Waals surface area contributed by atoms with Gasteiger partial charge in [-0.05, 0) is 184 Å². The quantitative estimate of drug-likeness (QED) is 0.212. The molecule has 3 aromatic carbocycles. The van der Waals surface area contributed by atoms with Crippen molar-refractivity contribution in [3.05, 3.63) is 63.4 Å². The first-order valence-electron chi connectivity index (χ1n) is 8.95. The van der Waals surface area contributed by atoms with E-state index in [2.05, 4.69) is 136 Å². The monoisotopic (exact) mass is 1120 g/mol. The van der Waals surface area contributed by atoms with Crippen LogP contribution in [0.4, 0.5) is 0 Å². The standard InChI is InChI=1S/C21H13I6NO5/c22-11-4-9(5-12(23)18(11)29)32-20-15(26)6-10(7-16(20)27)33-19-13(24)1-8(2-14(19)25)3-17(28)21(30)31/h1-2,4-7,17,29H,3,28H2,(H,30,31). The second kappa shape index (κ2) is 12.4. The Morgan fingerprint density at radius 1 is 0.758 bits per heavy atom. The van der Waals surface area contributed by atoms with Crippen molar-refractivity contribution in [2.24, 2.45) is 5.73 Å². The number of nitrogens with two attached hydrogens (primary N) is 1. The van der Waals surface area contributed by atoms with Crippen LogP contribution in [0.15, 0.2) is 36.4 Å². The number of carbonyl (C=O) groups is 1. The van der Waals surface area contributed by atoms with Crippen LogP contribution in [0.5, 0.6) is 28.7 Å². The van der Waals surface area contributed by atoms with Crippen LogP contribution in [0.2, 0.25) is 0 Å². The summed E-state index contributed by atoms with van der Waals surface area (Å²) in [6, 6.07) is 10.2. The summed E-state index contributed by atoms with van der Waals surface area (Å²) in [5.41, 5.74) is 6.52. The first-order chi connectivity index (χ1) is 15.5. The number of aliphatic carboxylic acids is 1. The number of halogens is 6. The highest BCUT2D eigenvalue weighted by Crippen LogP contribution is 2.40. The molecule has 3 rings (SSSR count). The van der Waals surface area contributed by atoms with Crippen LogP contribution in [0.1, 0.15) is 5.56 Å². The smallest absolute Gasteiger partial charge is 0.320 e. The maximum atomic E-state index is 11.1. The molecule has 3 aromatic rings. The second-order valence-electron chi connectivity index (χ2n) is 6.69. The summed E-state index contributed by atoms with van der Waals surface area (Å²) in [5, 5.41) is 19.0. The molecule has 0 aromatic heterocycles. The van der Waals surface area contributed by atoms with Crippen LogP contribution < -0.4 is 15.2 Å². The van der Waals surface area contributed by atoms with Gasteiger partial charge in [-0.25, -0.2) is 0 Å². The fourth-order valence-corrected chi connectivity index (χ4v) is 8.46. The van der Waals surface area contributed by atoms with Gasteiger partial charge >= 0.3 is 5.97 Å². The molecular formula is C21H13I6NO5. The number of carboxylic acids is 1. The molecule has 0 saturated carbocycles. The number of rotatable bonds is 7. The maximum Gasteiger partial charge on any atom is 0.320 e. The van der Waals surface area contributed by atoms with E-state index in [1.54, 1.807) is 12.1 Å². The zero-order chi connectivity index (χ0) is 24.4. The minimum atomic E-state index is -1.02. The van der Waals surface area contributed by atoms with Crippen molar-refractivity contribution in [3.8, 4) is 28.7 Å². The van der Waals surface area contributed by atoms with Gasteiger partial charge in [-0.15, -0.1) is 0 Å². The van der Waals surface area contributed by atoms with Gasteiger partial charge < -0.3 is 25.4 Å². The fraction of sp³-hybridized carbons (Fsp3) is 0.0952. The topological polar surface area (TPSA) is 102 Å². The van der Waals surface area contributed by atoms with E-state index in [0.717, 1.165) is 27.0 Å². The lowest BCUT2D eigenvalue weighted by atomic mass is 10.1. The van der Waals surface area contributed by atoms with Crippen LogP contribution in [-0.4, -0.2) is 22.2 Å². The first kappa shape index (κ1) is 28.4. The van der Waals surface area contributed by atoms with Crippen molar-refractivity contribution < 1.29 is 24.5 Å². The van der Waals surface area contributed by atoms with Crippen LogP contribution in [0.3, 0.4) is 0 Å². The summed E-state index contributed by atoms with van der Waals surface area (Å²) in [5.74, 6) is 1.94. The molecule has 0 saturated heterocycles. The second-order valence-corrected chi connectivity index (χ2v) is 13.7. The molecule has 0 aliphatic heterocycles. The first-order valence-corrected chi connectivity index (χ1v) is 15.4. The lowest BCUT2D eigenvalue weighted by molar-refractivity contribution is -0.138. The van der Waals surface area contributed by atoms with Crippen molar-refractivity contribution in [3.63, 3.8) is 0 Å². The summed E-state index contributed by atoms with van der Waals surface area (Å²) in [6.07, 6.45) is 0.249. The molecule has 33 heavy (non-hydrogen) atoms. The number of phenols is 1. The summed E-state index contributed by atoms with van der Waals surface area (Å²) in [4.78, 5) is 11.1. The predicted octanol–water partition coefficient (Wildman–Crippen LogP) is 7.56. The van der Waals surface area contributed by atoms with Crippen molar-refractivity contribution in [1.29, 1.82) is 0 Å². The summed E-state index contributed by atoms with van der Waals surface area (Å²) in [7, 11) is 0. The molecule has 1 atom stereocenters. The largest absolute Gasteiger partial charge is 0.506 e. The van der Waals surface area contributed by atoms with Crippen LogP contribution in [0.25, 0.3) is 0 Å². The molecule has 0 aliphatic carbocycles. The molecule has 0 spiro atoms. The molecule has 4 N–H and O–H groups in total. The Hall–Kier alpha value is 0.870. The van der Waals surface area contributed by atoms with Crippen LogP contribution >= 0.6 is 136 Å². The average molecular weight is 1120 g/mol. The molecule has 0 radical (unpaired) electrons. The van der Waals surface area contributed by atoms with Crippen molar-refractivity contribution in [1.82, 2.24) is 0 Å². The molecule has 0 heterocycles. The zero-order valence-corrected chi connectivity index (χ0v) is 29.2. The number of ether oxygens (including phenoxy) is 2. The average Bonchev–Trinajstić information content (AvgIpc) is 2.71. The SMILES string of the molecule is NC(Cc1cc(I)c(Oc2cc(I)c(Oc3cc(I)c(O)c(I)c3)c(I)c2)c(I)c1)C(=O)O. The van der Waals surface area contributed by atoms with Gasteiger partial charge in [-0.1, -0.05) is 0 Å². The van der Waals surface area contributed by atoms with E-state index in [0.29, 0.717) is 23.0 Å². The number of carboxylic acid groups (broad SMARTS) is 1. The lowest BCUT2D eigenvalue weighted by Crippen LogP contribution is -2.32. The molecule has 174 valence electrons.